The van der Waals surface area contributed by atoms with Gasteiger partial charge in [-0.25, -0.2) is 9.48 Å². The van der Waals surface area contributed by atoms with Crippen molar-refractivity contribution in [2.45, 2.75) is 13.8 Å². The van der Waals surface area contributed by atoms with Crippen LogP contribution >= 0.6 is 0 Å². The van der Waals surface area contributed by atoms with Crippen molar-refractivity contribution in [1.29, 1.82) is 0 Å². The molecule has 1 aromatic carbocycles. The highest BCUT2D eigenvalue weighted by Crippen LogP contribution is 2.18. The van der Waals surface area contributed by atoms with Crippen molar-refractivity contribution < 1.29 is 14.3 Å². The minimum Gasteiger partial charge on any atom is -0.463 e. The third kappa shape index (κ3) is 2.27. The Kier molecular flexibility index (Phi) is 3.46. The molecule has 0 aliphatic carbocycles. The van der Waals surface area contributed by atoms with Gasteiger partial charge in [0.1, 0.15) is 0 Å². The van der Waals surface area contributed by atoms with Crippen molar-refractivity contribution in [3.8, 4) is 5.69 Å². The molecule has 2 rings (SSSR count). The maximum atomic E-state index is 11.9. The molecular formula is C14H14N2O3. The minimum absolute atomic E-state index is 0.302. The maximum absolute atomic E-state index is 11.9. The molecule has 0 fully saturated rings. The van der Waals surface area contributed by atoms with Gasteiger partial charge in [-0.05, 0) is 26.0 Å². The van der Waals surface area contributed by atoms with Crippen molar-refractivity contribution in [3.63, 3.8) is 0 Å². The Bertz CT molecular complexity index is 630. The molecule has 0 saturated carbocycles. The number of hydrogen-bond acceptors (Lipinski definition) is 4. The van der Waals surface area contributed by atoms with E-state index in [-0.39, 0.29) is 0 Å². The molecule has 5 nitrogen and oxygen atoms in total. The summed E-state index contributed by atoms with van der Waals surface area (Å²) in [6.45, 7) is 3.45. The van der Waals surface area contributed by atoms with Gasteiger partial charge in [0, 0.05) is 0 Å². The number of aromatic nitrogens is 2. The number of rotatable bonds is 3. The monoisotopic (exact) mass is 258 g/mol. The van der Waals surface area contributed by atoms with Crippen molar-refractivity contribution in [2.75, 3.05) is 7.11 Å². The lowest BCUT2D eigenvalue weighted by atomic mass is 10.1. The standard InChI is InChI=1S/C14H14N2O3/c1-9-12(13(17)14(18)19-3)10(2)16(15-9)11-7-5-4-6-8-11/h4-8H,1-3H3. The summed E-state index contributed by atoms with van der Waals surface area (Å²) >= 11 is 0. The first-order valence-corrected chi connectivity index (χ1v) is 5.80. The van der Waals surface area contributed by atoms with Crippen molar-refractivity contribution in [2.24, 2.45) is 0 Å². The zero-order chi connectivity index (χ0) is 14.0. The Morgan fingerprint density at radius 2 is 1.79 bits per heavy atom. The number of carbonyl (C=O) groups is 2. The SMILES string of the molecule is COC(=O)C(=O)c1c(C)nn(-c2ccccc2)c1C. The van der Waals surface area contributed by atoms with Gasteiger partial charge in [-0.15, -0.1) is 0 Å². The first kappa shape index (κ1) is 13.0. The lowest BCUT2D eigenvalue weighted by molar-refractivity contribution is -0.135. The predicted molar refractivity (Wildman–Crippen MR) is 69.4 cm³/mol. The van der Waals surface area contributed by atoms with E-state index in [4.69, 9.17) is 0 Å². The number of methoxy groups -OCH3 is 1. The van der Waals surface area contributed by atoms with E-state index in [2.05, 4.69) is 9.84 Å². The smallest absolute Gasteiger partial charge is 0.379 e. The number of hydrogen-bond donors (Lipinski definition) is 0. The van der Waals surface area contributed by atoms with Gasteiger partial charge in [0.05, 0.1) is 29.7 Å². The van der Waals surface area contributed by atoms with E-state index in [9.17, 15) is 9.59 Å². The average Bonchev–Trinajstić information content (AvgIpc) is 2.73. The molecule has 98 valence electrons. The molecule has 0 atom stereocenters. The van der Waals surface area contributed by atoms with Gasteiger partial charge in [-0.1, -0.05) is 18.2 Å². The summed E-state index contributed by atoms with van der Waals surface area (Å²) in [4.78, 5) is 23.3. The zero-order valence-corrected chi connectivity index (χ0v) is 11.0. The van der Waals surface area contributed by atoms with Crippen LogP contribution in [-0.4, -0.2) is 28.6 Å². The second kappa shape index (κ2) is 5.06. The number of Topliss-reactive ketones (excluding diaryl/α,β-unsaturated/α-hetero) is 1. The topological polar surface area (TPSA) is 61.2 Å². The molecule has 0 aliphatic heterocycles. The molecule has 0 amide bonds. The highest BCUT2D eigenvalue weighted by Gasteiger charge is 2.25. The average molecular weight is 258 g/mol. The van der Waals surface area contributed by atoms with Crippen LogP contribution in [0.5, 0.6) is 0 Å². The molecule has 1 aromatic heterocycles. The third-order valence-corrected chi connectivity index (χ3v) is 2.89. The molecule has 0 radical (unpaired) electrons. The molecule has 0 N–H and O–H groups in total. The van der Waals surface area contributed by atoms with E-state index < -0.39 is 11.8 Å². The van der Waals surface area contributed by atoms with Gasteiger partial charge < -0.3 is 4.74 Å². The fourth-order valence-electron chi connectivity index (χ4n) is 1.99. The number of nitrogens with zero attached hydrogens (tertiary/aromatic N) is 2. The van der Waals surface area contributed by atoms with Gasteiger partial charge >= 0.3 is 5.97 Å². The number of ether oxygens (including phenoxy) is 1. The fraction of sp³-hybridized carbons (Fsp3) is 0.214. The summed E-state index contributed by atoms with van der Waals surface area (Å²) in [5.41, 5.74) is 2.28. The Labute approximate surface area is 110 Å². The quantitative estimate of drug-likeness (QED) is 0.479. The van der Waals surface area contributed by atoms with Gasteiger partial charge in [0.2, 0.25) is 0 Å². The molecular weight excluding hydrogens is 244 g/mol. The normalized spacial score (nSPS) is 10.3. The Balaban J connectivity index is 2.52. The number of esters is 1. The molecule has 2 aromatic rings. The second-order valence-electron chi connectivity index (χ2n) is 4.11. The van der Waals surface area contributed by atoms with Gasteiger partial charge in [0.15, 0.2) is 0 Å². The zero-order valence-electron chi connectivity index (χ0n) is 11.0. The van der Waals surface area contributed by atoms with Crippen LogP contribution in [0.3, 0.4) is 0 Å². The number of para-hydroxylation sites is 1. The summed E-state index contributed by atoms with van der Waals surface area (Å²) in [6.07, 6.45) is 0. The summed E-state index contributed by atoms with van der Waals surface area (Å²) in [5, 5.41) is 4.31. The van der Waals surface area contributed by atoms with Crippen LogP contribution in [0.25, 0.3) is 5.69 Å². The van der Waals surface area contributed by atoms with Crippen molar-refractivity contribution in [3.05, 3.63) is 47.3 Å². The maximum Gasteiger partial charge on any atom is 0.379 e. The van der Waals surface area contributed by atoms with Crippen LogP contribution < -0.4 is 0 Å². The molecule has 0 aliphatic rings. The van der Waals surface area contributed by atoms with Gasteiger partial charge in [0.25, 0.3) is 5.78 Å². The lowest BCUT2D eigenvalue weighted by Gasteiger charge is -2.04. The van der Waals surface area contributed by atoms with Crippen LogP contribution in [0.4, 0.5) is 0 Å². The van der Waals surface area contributed by atoms with Gasteiger partial charge in [-0.2, -0.15) is 5.10 Å². The van der Waals surface area contributed by atoms with E-state index in [1.54, 1.807) is 18.5 Å². The van der Waals surface area contributed by atoms with Crippen molar-refractivity contribution >= 4 is 11.8 Å². The Hall–Kier alpha value is -2.43. The highest BCUT2D eigenvalue weighted by molar-refractivity contribution is 6.41. The number of benzene rings is 1. The number of carbonyl (C=O) groups excluding carboxylic acids is 2. The summed E-state index contributed by atoms with van der Waals surface area (Å²) in [5.74, 6) is -1.54. The summed E-state index contributed by atoms with van der Waals surface area (Å²) in [7, 11) is 1.19. The van der Waals surface area contributed by atoms with Crippen LogP contribution in [0.1, 0.15) is 21.7 Å². The molecule has 0 spiro atoms. The van der Waals surface area contributed by atoms with Crippen LogP contribution in [-0.2, 0) is 9.53 Å². The molecule has 0 unspecified atom stereocenters. The Morgan fingerprint density at radius 1 is 1.16 bits per heavy atom. The van der Waals surface area contributed by atoms with Gasteiger partial charge in [-0.3, -0.25) is 4.79 Å². The van der Waals surface area contributed by atoms with Crippen LogP contribution in [0, 0.1) is 13.8 Å². The lowest BCUT2D eigenvalue weighted by Crippen LogP contribution is -2.17. The summed E-state index contributed by atoms with van der Waals surface area (Å²) in [6, 6.07) is 9.43. The second-order valence-corrected chi connectivity index (χ2v) is 4.11. The highest BCUT2D eigenvalue weighted by atomic mass is 16.5. The van der Waals surface area contributed by atoms with E-state index >= 15 is 0 Å². The van der Waals surface area contributed by atoms with Crippen LogP contribution in [0.2, 0.25) is 0 Å². The molecule has 5 heteroatoms. The van der Waals surface area contributed by atoms with E-state index in [1.165, 1.54) is 7.11 Å². The molecule has 19 heavy (non-hydrogen) atoms. The number of aryl methyl sites for hydroxylation is 1. The van der Waals surface area contributed by atoms with E-state index in [1.807, 2.05) is 30.3 Å². The number of ketones is 1. The van der Waals surface area contributed by atoms with Crippen LogP contribution in [0.15, 0.2) is 30.3 Å². The fourth-order valence-corrected chi connectivity index (χ4v) is 1.99. The Morgan fingerprint density at radius 3 is 2.37 bits per heavy atom. The summed E-state index contributed by atoms with van der Waals surface area (Å²) < 4.78 is 6.11. The molecule has 0 saturated heterocycles. The third-order valence-electron chi connectivity index (χ3n) is 2.89. The van der Waals surface area contributed by atoms with E-state index in [0.717, 1.165) is 5.69 Å². The first-order chi connectivity index (χ1) is 9.06. The minimum atomic E-state index is -0.876. The molecule has 0 bridgehead atoms. The first-order valence-electron chi connectivity index (χ1n) is 5.80. The molecule has 1 heterocycles. The largest absolute Gasteiger partial charge is 0.463 e. The predicted octanol–water partition coefficient (Wildman–Crippen LogP) is 1.84. The van der Waals surface area contributed by atoms with E-state index in [0.29, 0.717) is 17.0 Å². The van der Waals surface area contributed by atoms with Crippen molar-refractivity contribution in [1.82, 2.24) is 9.78 Å².